The van der Waals surface area contributed by atoms with Gasteiger partial charge in [-0.1, -0.05) is 67.9 Å². The summed E-state index contributed by atoms with van der Waals surface area (Å²) >= 11 is 0. The molecule has 0 aliphatic carbocycles. The molecule has 28 heavy (non-hydrogen) atoms. The zero-order valence-electron chi connectivity index (χ0n) is 17.0. The maximum Gasteiger partial charge on any atom is 0.239 e. The topological polar surface area (TPSA) is 84.2 Å². The van der Waals surface area contributed by atoms with E-state index in [1.807, 2.05) is 43.3 Å². The van der Waals surface area contributed by atoms with Gasteiger partial charge >= 0.3 is 0 Å². The van der Waals surface area contributed by atoms with Crippen LogP contribution < -0.4 is 16.4 Å². The predicted octanol–water partition coefficient (Wildman–Crippen LogP) is 2.98. The fourth-order valence-corrected chi connectivity index (χ4v) is 2.81. The Bertz CT molecular complexity index is 767. The standard InChI is InChI=1S/C23H31N3O2/c1-16(2)19-9-11-20(12-10-19)21(24)14-25-23(28)15-26-22(27)13-8-18-6-4-17(3)5-7-18/h4-7,9-12,16,21H,8,13-15,24H2,1-3H3,(H,25,28)(H,26,27). The quantitative estimate of drug-likeness (QED) is 0.624. The van der Waals surface area contributed by atoms with Crippen molar-refractivity contribution in [3.8, 4) is 0 Å². The van der Waals surface area contributed by atoms with Gasteiger partial charge in [-0.25, -0.2) is 0 Å². The summed E-state index contributed by atoms with van der Waals surface area (Å²) in [7, 11) is 0. The lowest BCUT2D eigenvalue weighted by atomic mass is 9.99. The molecule has 150 valence electrons. The molecule has 0 heterocycles. The second kappa shape index (κ2) is 10.6. The summed E-state index contributed by atoms with van der Waals surface area (Å²) in [5.74, 6) is 0.0989. The summed E-state index contributed by atoms with van der Waals surface area (Å²) in [5, 5.41) is 5.43. The number of hydrogen-bond donors (Lipinski definition) is 3. The zero-order chi connectivity index (χ0) is 20.5. The van der Waals surface area contributed by atoms with Gasteiger partial charge in [-0.05, 0) is 36.0 Å². The Balaban J connectivity index is 1.67. The summed E-state index contributed by atoms with van der Waals surface area (Å²) in [4.78, 5) is 23.9. The van der Waals surface area contributed by atoms with Gasteiger partial charge in [0.05, 0.1) is 6.54 Å². The van der Waals surface area contributed by atoms with E-state index in [1.54, 1.807) is 0 Å². The van der Waals surface area contributed by atoms with Crippen LogP contribution >= 0.6 is 0 Å². The predicted molar refractivity (Wildman–Crippen MR) is 113 cm³/mol. The van der Waals surface area contributed by atoms with Gasteiger partial charge in [0.2, 0.25) is 11.8 Å². The molecule has 0 bridgehead atoms. The van der Waals surface area contributed by atoms with Crippen molar-refractivity contribution in [2.45, 2.75) is 45.6 Å². The Morgan fingerprint density at radius 2 is 1.50 bits per heavy atom. The molecule has 0 fully saturated rings. The summed E-state index contributed by atoms with van der Waals surface area (Å²) in [5.41, 5.74) is 10.7. The number of rotatable bonds is 9. The summed E-state index contributed by atoms with van der Waals surface area (Å²) in [6.07, 6.45) is 1.02. The molecular formula is C23H31N3O2. The third kappa shape index (κ3) is 7.16. The van der Waals surface area contributed by atoms with E-state index >= 15 is 0 Å². The molecule has 2 aromatic carbocycles. The van der Waals surface area contributed by atoms with Crippen LogP contribution in [0.3, 0.4) is 0 Å². The van der Waals surface area contributed by atoms with Crippen LogP contribution in [0.5, 0.6) is 0 Å². The summed E-state index contributed by atoms with van der Waals surface area (Å²) < 4.78 is 0. The Morgan fingerprint density at radius 1 is 0.893 bits per heavy atom. The highest BCUT2D eigenvalue weighted by molar-refractivity contribution is 5.84. The first kappa shape index (κ1) is 21.6. The van der Waals surface area contributed by atoms with E-state index in [-0.39, 0.29) is 24.4 Å². The number of hydrogen-bond acceptors (Lipinski definition) is 3. The van der Waals surface area contributed by atoms with E-state index in [0.29, 0.717) is 25.3 Å². The highest BCUT2D eigenvalue weighted by Gasteiger charge is 2.10. The van der Waals surface area contributed by atoms with E-state index < -0.39 is 0 Å². The van der Waals surface area contributed by atoms with E-state index in [4.69, 9.17) is 5.73 Å². The van der Waals surface area contributed by atoms with Gasteiger partial charge < -0.3 is 16.4 Å². The molecule has 5 heteroatoms. The van der Waals surface area contributed by atoms with Crippen LogP contribution in [0.4, 0.5) is 0 Å². The van der Waals surface area contributed by atoms with Crippen LogP contribution in [-0.2, 0) is 16.0 Å². The fourth-order valence-electron chi connectivity index (χ4n) is 2.81. The van der Waals surface area contributed by atoms with E-state index in [0.717, 1.165) is 11.1 Å². The molecule has 0 saturated carbocycles. The Morgan fingerprint density at radius 3 is 2.11 bits per heavy atom. The van der Waals surface area contributed by atoms with Crippen molar-refractivity contribution in [3.63, 3.8) is 0 Å². The molecule has 0 aliphatic heterocycles. The van der Waals surface area contributed by atoms with E-state index in [1.165, 1.54) is 11.1 Å². The molecule has 2 amide bonds. The van der Waals surface area contributed by atoms with Gasteiger partial charge in [0.25, 0.3) is 0 Å². The lowest BCUT2D eigenvalue weighted by Gasteiger charge is -2.15. The minimum Gasteiger partial charge on any atom is -0.353 e. The van der Waals surface area contributed by atoms with Crippen LogP contribution in [0.2, 0.25) is 0 Å². The third-order valence-corrected chi connectivity index (χ3v) is 4.76. The first-order valence-corrected chi connectivity index (χ1v) is 9.79. The second-order valence-electron chi connectivity index (χ2n) is 7.49. The largest absolute Gasteiger partial charge is 0.353 e. The van der Waals surface area contributed by atoms with Gasteiger partial charge in [0.15, 0.2) is 0 Å². The molecule has 2 aromatic rings. The lowest BCUT2D eigenvalue weighted by molar-refractivity contribution is -0.126. The van der Waals surface area contributed by atoms with Crippen LogP contribution in [0.1, 0.15) is 54.5 Å². The zero-order valence-corrected chi connectivity index (χ0v) is 17.0. The highest BCUT2D eigenvalue weighted by atomic mass is 16.2. The van der Waals surface area contributed by atoms with Gasteiger partial charge in [-0.3, -0.25) is 9.59 Å². The average molecular weight is 382 g/mol. The molecular weight excluding hydrogens is 350 g/mol. The average Bonchev–Trinajstić information content (AvgIpc) is 2.70. The van der Waals surface area contributed by atoms with Crippen molar-refractivity contribution in [3.05, 3.63) is 70.8 Å². The number of benzene rings is 2. The van der Waals surface area contributed by atoms with E-state index in [2.05, 4.69) is 36.6 Å². The normalized spacial score (nSPS) is 11.9. The number of amides is 2. The van der Waals surface area contributed by atoms with Crippen LogP contribution in [0.15, 0.2) is 48.5 Å². The Hall–Kier alpha value is -2.66. The van der Waals surface area contributed by atoms with Crippen LogP contribution in [-0.4, -0.2) is 24.9 Å². The van der Waals surface area contributed by atoms with Crippen molar-refractivity contribution >= 4 is 11.8 Å². The minimum atomic E-state index is -0.276. The molecule has 5 nitrogen and oxygen atoms in total. The van der Waals surface area contributed by atoms with Crippen molar-refractivity contribution in [1.29, 1.82) is 0 Å². The fraction of sp³-hybridized carbons (Fsp3) is 0.391. The Kier molecular flexibility index (Phi) is 8.20. The maximum absolute atomic E-state index is 12.0. The Labute approximate surface area is 167 Å². The number of carbonyl (C=O) groups is 2. The first-order valence-electron chi connectivity index (χ1n) is 9.79. The molecule has 1 unspecified atom stereocenters. The SMILES string of the molecule is Cc1ccc(CCC(=O)NCC(=O)NCC(N)c2ccc(C(C)C)cc2)cc1. The summed E-state index contributed by atoms with van der Waals surface area (Å²) in [6, 6.07) is 15.9. The maximum atomic E-state index is 12.0. The molecule has 0 saturated heterocycles. The van der Waals surface area contributed by atoms with Crippen molar-refractivity contribution in [2.75, 3.05) is 13.1 Å². The van der Waals surface area contributed by atoms with Gasteiger partial charge in [0.1, 0.15) is 0 Å². The first-order chi connectivity index (χ1) is 13.3. The van der Waals surface area contributed by atoms with Gasteiger partial charge in [0, 0.05) is 19.0 Å². The minimum absolute atomic E-state index is 0.0360. The van der Waals surface area contributed by atoms with E-state index in [9.17, 15) is 9.59 Å². The molecule has 0 aromatic heterocycles. The third-order valence-electron chi connectivity index (χ3n) is 4.76. The molecule has 0 spiro atoms. The van der Waals surface area contributed by atoms with Crippen LogP contribution in [0.25, 0.3) is 0 Å². The van der Waals surface area contributed by atoms with Crippen molar-refractivity contribution in [1.82, 2.24) is 10.6 Å². The number of nitrogens with two attached hydrogens (primary N) is 1. The van der Waals surface area contributed by atoms with Gasteiger partial charge in [-0.15, -0.1) is 0 Å². The monoisotopic (exact) mass is 381 g/mol. The highest BCUT2D eigenvalue weighted by Crippen LogP contribution is 2.17. The van der Waals surface area contributed by atoms with Crippen molar-refractivity contribution < 1.29 is 9.59 Å². The molecule has 0 radical (unpaired) electrons. The molecule has 1 atom stereocenters. The lowest BCUT2D eigenvalue weighted by Crippen LogP contribution is -2.39. The van der Waals surface area contributed by atoms with Crippen molar-refractivity contribution in [2.24, 2.45) is 5.73 Å². The molecule has 2 rings (SSSR count). The number of aryl methyl sites for hydroxylation is 2. The molecule has 0 aliphatic rings. The smallest absolute Gasteiger partial charge is 0.239 e. The summed E-state index contributed by atoms with van der Waals surface area (Å²) in [6.45, 7) is 6.61. The van der Waals surface area contributed by atoms with Gasteiger partial charge in [-0.2, -0.15) is 0 Å². The van der Waals surface area contributed by atoms with Crippen LogP contribution in [0, 0.1) is 6.92 Å². The molecule has 4 N–H and O–H groups in total. The number of carbonyl (C=O) groups excluding carboxylic acids is 2. The second-order valence-corrected chi connectivity index (χ2v) is 7.49. The number of nitrogens with one attached hydrogen (secondary N) is 2.